The van der Waals surface area contributed by atoms with Crippen LogP contribution in [0.5, 0.6) is 0 Å². The second kappa shape index (κ2) is 5.61. The van der Waals surface area contributed by atoms with Crippen molar-refractivity contribution in [3.63, 3.8) is 0 Å². The molecular formula is C12H10Cl2FNO2. The third-order valence-corrected chi connectivity index (χ3v) is 2.87. The van der Waals surface area contributed by atoms with Crippen molar-refractivity contribution in [3.05, 3.63) is 51.6 Å². The molecule has 2 N–H and O–H groups in total. The molecule has 1 aromatic heterocycles. The lowest BCUT2D eigenvalue weighted by atomic mass is 10.3. The number of nitrogens with one attached hydrogen (secondary N) is 1. The van der Waals surface area contributed by atoms with E-state index in [2.05, 4.69) is 5.32 Å². The minimum absolute atomic E-state index is 0.0412. The van der Waals surface area contributed by atoms with E-state index in [1.807, 2.05) is 0 Å². The molecule has 0 amide bonds. The van der Waals surface area contributed by atoms with E-state index in [9.17, 15) is 4.39 Å². The summed E-state index contributed by atoms with van der Waals surface area (Å²) in [5, 5.41) is 11.8. The molecule has 1 aromatic carbocycles. The van der Waals surface area contributed by atoms with E-state index in [1.165, 1.54) is 12.1 Å². The van der Waals surface area contributed by atoms with Crippen LogP contribution >= 0.6 is 23.2 Å². The van der Waals surface area contributed by atoms with Crippen LogP contribution in [0.3, 0.4) is 0 Å². The summed E-state index contributed by atoms with van der Waals surface area (Å²) in [7, 11) is 0. The Morgan fingerprint density at radius 1 is 1.17 bits per heavy atom. The Kier molecular flexibility index (Phi) is 4.11. The second-order valence-corrected chi connectivity index (χ2v) is 4.45. The van der Waals surface area contributed by atoms with Gasteiger partial charge in [-0.15, -0.1) is 0 Å². The van der Waals surface area contributed by atoms with Gasteiger partial charge in [0.1, 0.15) is 18.1 Å². The monoisotopic (exact) mass is 289 g/mol. The predicted molar refractivity (Wildman–Crippen MR) is 68.4 cm³/mol. The lowest BCUT2D eigenvalue weighted by molar-refractivity contribution is 0.244. The van der Waals surface area contributed by atoms with Gasteiger partial charge in [-0.3, -0.25) is 0 Å². The molecule has 0 spiro atoms. The van der Waals surface area contributed by atoms with Crippen molar-refractivity contribution < 1.29 is 13.9 Å². The Bertz CT molecular complexity index is 534. The van der Waals surface area contributed by atoms with Gasteiger partial charge < -0.3 is 14.8 Å². The first-order valence-corrected chi connectivity index (χ1v) is 5.92. The molecule has 0 radical (unpaired) electrons. The predicted octanol–water partition coefficient (Wildman–Crippen LogP) is 3.83. The van der Waals surface area contributed by atoms with Gasteiger partial charge in [-0.25, -0.2) is 4.39 Å². The molecule has 1 heterocycles. The van der Waals surface area contributed by atoms with Crippen molar-refractivity contribution in [2.75, 3.05) is 5.32 Å². The number of anilines is 1. The molecule has 0 fully saturated rings. The van der Waals surface area contributed by atoms with Crippen LogP contribution in [-0.4, -0.2) is 5.11 Å². The van der Waals surface area contributed by atoms with Crippen LogP contribution in [0.4, 0.5) is 10.1 Å². The van der Waals surface area contributed by atoms with Gasteiger partial charge in [0.15, 0.2) is 5.82 Å². The highest BCUT2D eigenvalue weighted by molar-refractivity contribution is 6.35. The summed E-state index contributed by atoms with van der Waals surface area (Å²) in [5.74, 6) is 0.502. The van der Waals surface area contributed by atoms with Crippen LogP contribution in [-0.2, 0) is 13.2 Å². The molecule has 6 heteroatoms. The number of hydrogen-bond acceptors (Lipinski definition) is 3. The maximum Gasteiger partial charge on any atom is 0.160 e. The van der Waals surface area contributed by atoms with Crippen LogP contribution in [0.1, 0.15) is 11.5 Å². The van der Waals surface area contributed by atoms with Gasteiger partial charge >= 0.3 is 0 Å². The highest BCUT2D eigenvalue weighted by Gasteiger charge is 2.08. The Hall–Kier alpha value is -1.23. The lowest BCUT2D eigenvalue weighted by Crippen LogP contribution is -1.98. The van der Waals surface area contributed by atoms with E-state index in [1.54, 1.807) is 12.1 Å². The molecule has 0 saturated carbocycles. The zero-order chi connectivity index (χ0) is 13.1. The Morgan fingerprint density at radius 3 is 2.33 bits per heavy atom. The topological polar surface area (TPSA) is 45.4 Å². The van der Waals surface area contributed by atoms with E-state index in [0.717, 1.165) is 0 Å². The third kappa shape index (κ3) is 2.96. The van der Waals surface area contributed by atoms with Crippen molar-refractivity contribution in [2.24, 2.45) is 0 Å². The molecule has 96 valence electrons. The van der Waals surface area contributed by atoms with Crippen molar-refractivity contribution in [1.29, 1.82) is 0 Å². The highest BCUT2D eigenvalue weighted by atomic mass is 35.5. The summed E-state index contributed by atoms with van der Waals surface area (Å²) in [6.07, 6.45) is 0. The van der Waals surface area contributed by atoms with E-state index in [-0.39, 0.29) is 16.7 Å². The molecule has 2 rings (SSSR count). The van der Waals surface area contributed by atoms with Gasteiger partial charge in [-0.2, -0.15) is 0 Å². The third-order valence-electron chi connectivity index (χ3n) is 2.32. The van der Waals surface area contributed by atoms with Crippen LogP contribution in [0.25, 0.3) is 0 Å². The van der Waals surface area contributed by atoms with Crippen LogP contribution < -0.4 is 5.32 Å². The van der Waals surface area contributed by atoms with E-state index in [0.29, 0.717) is 23.8 Å². The van der Waals surface area contributed by atoms with Gasteiger partial charge in [0, 0.05) is 5.69 Å². The van der Waals surface area contributed by atoms with Crippen molar-refractivity contribution >= 4 is 28.9 Å². The highest BCUT2D eigenvalue weighted by Crippen LogP contribution is 2.27. The largest absolute Gasteiger partial charge is 0.462 e. The molecular weight excluding hydrogens is 280 g/mol. The standard InChI is InChI=1S/C12H10Cl2FNO2/c13-10-3-7(4-11(14)12(10)15)16-5-8-1-2-9(6-17)18-8/h1-4,16-17H,5-6H2. The smallest absolute Gasteiger partial charge is 0.160 e. The molecule has 0 unspecified atom stereocenters. The van der Waals surface area contributed by atoms with Gasteiger partial charge in [0.2, 0.25) is 0 Å². The number of hydrogen-bond donors (Lipinski definition) is 2. The van der Waals surface area contributed by atoms with Crippen LogP contribution in [0.2, 0.25) is 10.0 Å². The first-order chi connectivity index (χ1) is 8.60. The minimum atomic E-state index is -0.635. The lowest BCUT2D eigenvalue weighted by Gasteiger charge is -2.06. The normalized spacial score (nSPS) is 10.7. The Labute approximate surface area is 113 Å². The summed E-state index contributed by atoms with van der Waals surface area (Å²) < 4.78 is 18.5. The van der Waals surface area contributed by atoms with E-state index < -0.39 is 5.82 Å². The average Bonchev–Trinajstić information content (AvgIpc) is 2.81. The van der Waals surface area contributed by atoms with Crippen molar-refractivity contribution in [2.45, 2.75) is 13.2 Å². The van der Waals surface area contributed by atoms with Gasteiger partial charge in [0.05, 0.1) is 16.6 Å². The molecule has 0 aliphatic rings. The Morgan fingerprint density at radius 2 is 1.78 bits per heavy atom. The summed E-state index contributed by atoms with van der Waals surface area (Å²) in [6.45, 7) is 0.243. The molecule has 0 aliphatic heterocycles. The van der Waals surface area contributed by atoms with Crippen molar-refractivity contribution in [1.82, 2.24) is 0 Å². The quantitative estimate of drug-likeness (QED) is 0.841. The van der Waals surface area contributed by atoms with Gasteiger partial charge in [0.25, 0.3) is 0 Å². The maximum atomic E-state index is 13.2. The molecule has 0 saturated heterocycles. The summed E-state index contributed by atoms with van der Waals surface area (Å²) in [4.78, 5) is 0. The summed E-state index contributed by atoms with van der Waals surface area (Å²) in [6, 6.07) is 6.31. The SMILES string of the molecule is OCc1ccc(CNc2cc(Cl)c(F)c(Cl)c2)o1. The number of furan rings is 1. The van der Waals surface area contributed by atoms with Gasteiger partial charge in [-0.1, -0.05) is 23.2 Å². The first-order valence-electron chi connectivity index (χ1n) is 5.17. The number of rotatable bonds is 4. The fourth-order valence-electron chi connectivity index (χ4n) is 1.45. The molecule has 0 atom stereocenters. The minimum Gasteiger partial charge on any atom is -0.462 e. The number of aliphatic hydroxyl groups is 1. The molecule has 0 aliphatic carbocycles. The maximum absolute atomic E-state index is 13.2. The molecule has 2 aromatic rings. The van der Waals surface area contributed by atoms with E-state index >= 15 is 0 Å². The zero-order valence-corrected chi connectivity index (χ0v) is 10.7. The summed E-state index contributed by atoms with van der Waals surface area (Å²) in [5.41, 5.74) is 0.591. The Balaban J connectivity index is 2.06. The van der Waals surface area contributed by atoms with Crippen molar-refractivity contribution in [3.8, 4) is 0 Å². The number of benzene rings is 1. The molecule has 0 bridgehead atoms. The zero-order valence-electron chi connectivity index (χ0n) is 9.21. The summed E-state index contributed by atoms with van der Waals surface area (Å²) >= 11 is 11.3. The van der Waals surface area contributed by atoms with Gasteiger partial charge in [-0.05, 0) is 24.3 Å². The van der Waals surface area contributed by atoms with Crippen LogP contribution in [0, 0.1) is 5.82 Å². The molecule has 18 heavy (non-hydrogen) atoms. The van der Waals surface area contributed by atoms with E-state index in [4.69, 9.17) is 32.7 Å². The fourth-order valence-corrected chi connectivity index (χ4v) is 1.94. The average molecular weight is 290 g/mol. The van der Waals surface area contributed by atoms with Crippen LogP contribution in [0.15, 0.2) is 28.7 Å². The molecule has 3 nitrogen and oxygen atoms in total. The number of halogens is 3. The fraction of sp³-hybridized carbons (Fsp3) is 0.167. The first kappa shape index (κ1) is 13.2. The number of aliphatic hydroxyl groups excluding tert-OH is 1. The second-order valence-electron chi connectivity index (χ2n) is 3.63.